The van der Waals surface area contributed by atoms with E-state index in [2.05, 4.69) is 36.8 Å². The van der Waals surface area contributed by atoms with Crippen molar-refractivity contribution in [1.29, 1.82) is 0 Å². The SMILES string of the molecule is CCn1c(CC(=O)Nc2ccc(C)cc2C)nnc1SCC(=O)Nc1ccc(Br)cc1. The van der Waals surface area contributed by atoms with E-state index in [4.69, 9.17) is 0 Å². The molecule has 3 rings (SSSR count). The van der Waals surface area contributed by atoms with E-state index in [0.29, 0.717) is 17.5 Å². The molecule has 0 spiro atoms. The molecule has 0 aliphatic rings. The molecule has 31 heavy (non-hydrogen) atoms. The lowest BCUT2D eigenvalue weighted by Crippen LogP contribution is -2.18. The predicted molar refractivity (Wildman–Crippen MR) is 127 cm³/mol. The summed E-state index contributed by atoms with van der Waals surface area (Å²) in [6.07, 6.45) is 0.111. The number of thioether (sulfide) groups is 1. The molecule has 1 aromatic heterocycles. The molecule has 0 radical (unpaired) electrons. The molecule has 2 aromatic carbocycles. The molecule has 0 bridgehead atoms. The van der Waals surface area contributed by atoms with Crippen LogP contribution in [0.2, 0.25) is 0 Å². The number of anilines is 2. The second-order valence-corrected chi connectivity index (χ2v) is 8.89. The summed E-state index contributed by atoms with van der Waals surface area (Å²) in [4.78, 5) is 24.8. The Kier molecular flexibility index (Phi) is 7.86. The van der Waals surface area contributed by atoms with E-state index in [1.54, 1.807) is 0 Å². The maximum atomic E-state index is 12.5. The summed E-state index contributed by atoms with van der Waals surface area (Å²) in [5, 5.41) is 14.7. The number of carbonyl (C=O) groups is 2. The maximum Gasteiger partial charge on any atom is 0.234 e. The van der Waals surface area contributed by atoms with E-state index in [1.165, 1.54) is 11.8 Å². The molecule has 0 unspecified atom stereocenters. The van der Waals surface area contributed by atoms with E-state index in [0.717, 1.165) is 27.0 Å². The molecular weight excluding hydrogens is 478 g/mol. The zero-order valence-corrected chi connectivity index (χ0v) is 20.0. The van der Waals surface area contributed by atoms with Crippen molar-refractivity contribution in [3.63, 3.8) is 0 Å². The molecule has 0 saturated heterocycles. The van der Waals surface area contributed by atoms with Crippen LogP contribution >= 0.6 is 27.7 Å². The Labute approximate surface area is 194 Å². The number of carbonyl (C=O) groups excluding carboxylic acids is 2. The standard InChI is InChI=1S/C22H24BrN5O2S/c1-4-28-19(12-20(29)25-18-10-5-14(2)11-15(18)3)26-27-22(28)31-13-21(30)24-17-8-6-16(23)7-9-17/h5-11H,4,12-13H2,1-3H3,(H,24,30)(H,25,29). The first-order valence-electron chi connectivity index (χ1n) is 9.83. The van der Waals surface area contributed by atoms with Crippen LogP contribution in [-0.2, 0) is 22.6 Å². The Hall–Kier alpha value is -2.65. The fraction of sp³-hybridized carbons (Fsp3) is 0.273. The number of nitrogens with zero attached hydrogens (tertiary/aromatic N) is 3. The van der Waals surface area contributed by atoms with Gasteiger partial charge in [0, 0.05) is 22.4 Å². The topological polar surface area (TPSA) is 88.9 Å². The van der Waals surface area contributed by atoms with E-state index >= 15 is 0 Å². The fourth-order valence-corrected chi connectivity index (χ4v) is 4.11. The summed E-state index contributed by atoms with van der Waals surface area (Å²) in [5.41, 5.74) is 3.68. The molecule has 3 aromatic rings. The van der Waals surface area contributed by atoms with Crippen molar-refractivity contribution in [2.24, 2.45) is 0 Å². The number of amides is 2. The van der Waals surface area contributed by atoms with Crippen LogP contribution in [0.3, 0.4) is 0 Å². The molecule has 9 heteroatoms. The molecule has 0 aliphatic carbocycles. The van der Waals surface area contributed by atoms with Crippen LogP contribution in [0.1, 0.15) is 23.9 Å². The largest absolute Gasteiger partial charge is 0.325 e. The number of aryl methyl sites for hydroxylation is 2. The molecule has 7 nitrogen and oxygen atoms in total. The zero-order valence-electron chi connectivity index (χ0n) is 17.6. The van der Waals surface area contributed by atoms with Crippen molar-refractivity contribution in [3.8, 4) is 0 Å². The molecular formula is C22H24BrN5O2S. The smallest absolute Gasteiger partial charge is 0.234 e. The van der Waals surface area contributed by atoms with Crippen LogP contribution in [0.25, 0.3) is 0 Å². The van der Waals surface area contributed by atoms with Gasteiger partial charge < -0.3 is 15.2 Å². The average molecular weight is 502 g/mol. The molecule has 162 valence electrons. The molecule has 2 amide bonds. The maximum absolute atomic E-state index is 12.5. The monoisotopic (exact) mass is 501 g/mol. The van der Waals surface area contributed by atoms with Crippen molar-refractivity contribution in [1.82, 2.24) is 14.8 Å². The van der Waals surface area contributed by atoms with Crippen molar-refractivity contribution in [2.45, 2.75) is 38.9 Å². The van der Waals surface area contributed by atoms with Crippen molar-refractivity contribution in [3.05, 3.63) is 63.9 Å². The van der Waals surface area contributed by atoms with Gasteiger partial charge in [-0.1, -0.05) is 45.4 Å². The number of hydrogen-bond donors (Lipinski definition) is 2. The summed E-state index contributed by atoms with van der Waals surface area (Å²) >= 11 is 4.66. The van der Waals surface area contributed by atoms with Gasteiger partial charge in [0.1, 0.15) is 5.82 Å². The first-order valence-corrected chi connectivity index (χ1v) is 11.6. The van der Waals surface area contributed by atoms with Crippen molar-refractivity contribution < 1.29 is 9.59 Å². The first-order chi connectivity index (χ1) is 14.9. The van der Waals surface area contributed by atoms with Gasteiger partial charge >= 0.3 is 0 Å². The second-order valence-electron chi connectivity index (χ2n) is 7.03. The molecule has 0 saturated carbocycles. The summed E-state index contributed by atoms with van der Waals surface area (Å²) in [6.45, 7) is 6.54. The lowest BCUT2D eigenvalue weighted by atomic mass is 10.1. The Bertz CT molecular complexity index is 1080. The third-order valence-electron chi connectivity index (χ3n) is 4.54. The normalized spacial score (nSPS) is 10.7. The number of nitrogens with one attached hydrogen (secondary N) is 2. The minimum Gasteiger partial charge on any atom is -0.325 e. The molecule has 0 atom stereocenters. The molecule has 2 N–H and O–H groups in total. The van der Waals surface area contributed by atoms with E-state index < -0.39 is 0 Å². The average Bonchev–Trinajstić information content (AvgIpc) is 3.11. The number of halogens is 1. The van der Waals surface area contributed by atoms with Crippen LogP contribution in [-0.4, -0.2) is 32.3 Å². The van der Waals surface area contributed by atoms with Crippen LogP contribution in [0.5, 0.6) is 0 Å². The lowest BCUT2D eigenvalue weighted by molar-refractivity contribution is -0.116. The first kappa shape index (κ1) is 23.0. The van der Waals surface area contributed by atoms with Gasteiger partial charge in [0.2, 0.25) is 11.8 Å². The van der Waals surface area contributed by atoms with E-state index in [-0.39, 0.29) is 24.0 Å². The van der Waals surface area contributed by atoms with Gasteiger partial charge in [0.05, 0.1) is 12.2 Å². The van der Waals surface area contributed by atoms with Crippen LogP contribution in [0, 0.1) is 13.8 Å². The molecule has 0 aliphatic heterocycles. The van der Waals surface area contributed by atoms with Gasteiger partial charge in [0.25, 0.3) is 0 Å². The van der Waals surface area contributed by atoms with Crippen LogP contribution in [0.4, 0.5) is 11.4 Å². The highest BCUT2D eigenvalue weighted by molar-refractivity contribution is 9.10. The van der Waals surface area contributed by atoms with E-state index in [9.17, 15) is 9.59 Å². The van der Waals surface area contributed by atoms with Gasteiger partial charge in [-0.15, -0.1) is 10.2 Å². The Morgan fingerprint density at radius 3 is 2.45 bits per heavy atom. The van der Waals surface area contributed by atoms with Crippen LogP contribution < -0.4 is 10.6 Å². The van der Waals surface area contributed by atoms with Gasteiger partial charge in [0.15, 0.2) is 5.16 Å². The summed E-state index contributed by atoms with van der Waals surface area (Å²) < 4.78 is 2.81. The quantitative estimate of drug-likeness (QED) is 0.440. The predicted octanol–water partition coefficient (Wildman–Crippen LogP) is 4.59. The Morgan fingerprint density at radius 2 is 1.77 bits per heavy atom. The highest BCUT2D eigenvalue weighted by Crippen LogP contribution is 2.20. The van der Waals surface area contributed by atoms with Crippen molar-refractivity contribution >= 4 is 50.9 Å². The number of hydrogen-bond acceptors (Lipinski definition) is 5. The Balaban J connectivity index is 1.58. The summed E-state index contributed by atoms with van der Waals surface area (Å²) in [7, 11) is 0. The third-order valence-corrected chi connectivity index (χ3v) is 6.04. The van der Waals surface area contributed by atoms with Crippen molar-refractivity contribution in [2.75, 3.05) is 16.4 Å². The third kappa shape index (κ3) is 6.41. The minimum atomic E-state index is -0.154. The summed E-state index contributed by atoms with van der Waals surface area (Å²) in [6, 6.07) is 13.3. The van der Waals surface area contributed by atoms with E-state index in [1.807, 2.05) is 67.8 Å². The van der Waals surface area contributed by atoms with Gasteiger partial charge in [-0.25, -0.2) is 0 Å². The Morgan fingerprint density at radius 1 is 1.03 bits per heavy atom. The number of rotatable bonds is 8. The summed E-state index contributed by atoms with van der Waals surface area (Å²) in [5.74, 6) is 0.481. The lowest BCUT2D eigenvalue weighted by Gasteiger charge is -2.10. The number of aromatic nitrogens is 3. The fourth-order valence-electron chi connectivity index (χ4n) is 3.03. The van der Waals surface area contributed by atoms with Gasteiger partial charge in [-0.2, -0.15) is 0 Å². The highest BCUT2D eigenvalue weighted by atomic mass is 79.9. The second kappa shape index (κ2) is 10.6. The highest BCUT2D eigenvalue weighted by Gasteiger charge is 2.16. The zero-order chi connectivity index (χ0) is 22.4. The minimum absolute atomic E-state index is 0.111. The van der Waals surface area contributed by atoms with Gasteiger partial charge in [-0.3, -0.25) is 9.59 Å². The molecule has 1 heterocycles. The van der Waals surface area contributed by atoms with Crippen LogP contribution in [0.15, 0.2) is 52.1 Å². The van der Waals surface area contributed by atoms with Gasteiger partial charge in [-0.05, 0) is 56.7 Å². The molecule has 0 fully saturated rings. The number of benzene rings is 2.